The van der Waals surface area contributed by atoms with Crippen LogP contribution in [0.5, 0.6) is 11.5 Å². The van der Waals surface area contributed by atoms with E-state index in [0.29, 0.717) is 5.75 Å². The average molecular weight is 312 g/mol. The van der Waals surface area contributed by atoms with Crippen molar-refractivity contribution in [1.82, 2.24) is 10.2 Å². The third-order valence-corrected chi connectivity index (χ3v) is 3.24. The summed E-state index contributed by atoms with van der Waals surface area (Å²) < 4.78 is 23.7. The Bertz CT molecular complexity index is 832. The number of halogens is 1. The van der Waals surface area contributed by atoms with E-state index in [2.05, 4.69) is 10.2 Å². The largest absolute Gasteiger partial charge is 0.465 e. The number of carbonyl (C=O) groups excluding carboxylic acids is 1. The second-order valence-corrected chi connectivity index (χ2v) is 4.75. The third-order valence-electron chi connectivity index (χ3n) is 3.24. The Labute approximate surface area is 131 Å². The first-order valence-electron chi connectivity index (χ1n) is 6.82. The van der Waals surface area contributed by atoms with Crippen molar-refractivity contribution in [3.05, 3.63) is 66.2 Å². The van der Waals surface area contributed by atoms with Crippen molar-refractivity contribution in [2.75, 3.05) is 7.11 Å². The Balaban J connectivity index is 2.00. The molecule has 0 spiro atoms. The highest BCUT2D eigenvalue weighted by Gasteiger charge is 2.16. The molecule has 3 rings (SSSR count). The van der Waals surface area contributed by atoms with Crippen molar-refractivity contribution in [1.29, 1.82) is 0 Å². The number of carbonyl (C=O) groups is 1. The first kappa shape index (κ1) is 14.8. The van der Waals surface area contributed by atoms with Gasteiger partial charge in [0.2, 0.25) is 0 Å². The Kier molecular flexibility index (Phi) is 4.05. The maximum Gasteiger partial charge on any atom is 0.341 e. The van der Waals surface area contributed by atoms with Gasteiger partial charge in [0.05, 0.1) is 13.3 Å². The number of hydrogen-bond donors (Lipinski definition) is 1. The lowest BCUT2D eigenvalue weighted by Crippen LogP contribution is -2.04. The molecule has 2 aromatic carbocycles. The predicted octanol–water partition coefficient (Wildman–Crippen LogP) is 3.79. The van der Waals surface area contributed by atoms with E-state index in [-0.39, 0.29) is 11.3 Å². The molecule has 0 bridgehead atoms. The molecule has 0 aliphatic heterocycles. The lowest BCUT2D eigenvalue weighted by molar-refractivity contribution is 0.0598. The SMILES string of the molecule is COC(=O)c1cc(-c2cn[nH]c2)ccc1Oc1cccc(F)c1. The molecule has 0 unspecified atom stereocenters. The van der Waals surface area contributed by atoms with Gasteiger partial charge < -0.3 is 9.47 Å². The van der Waals surface area contributed by atoms with Crippen LogP contribution in [0, 0.1) is 5.82 Å². The molecule has 0 aliphatic rings. The summed E-state index contributed by atoms with van der Waals surface area (Å²) in [7, 11) is 1.29. The number of H-pyrrole nitrogens is 1. The molecule has 23 heavy (non-hydrogen) atoms. The number of nitrogens with zero attached hydrogens (tertiary/aromatic N) is 1. The minimum Gasteiger partial charge on any atom is -0.465 e. The number of rotatable bonds is 4. The zero-order valence-electron chi connectivity index (χ0n) is 12.2. The van der Waals surface area contributed by atoms with Gasteiger partial charge in [0.25, 0.3) is 0 Å². The quantitative estimate of drug-likeness (QED) is 0.744. The van der Waals surface area contributed by atoms with Gasteiger partial charge in [-0.15, -0.1) is 0 Å². The number of hydrogen-bond acceptors (Lipinski definition) is 4. The van der Waals surface area contributed by atoms with Crippen LogP contribution in [-0.4, -0.2) is 23.3 Å². The van der Waals surface area contributed by atoms with Crippen LogP contribution >= 0.6 is 0 Å². The number of aromatic nitrogens is 2. The number of esters is 1. The minimum atomic E-state index is -0.540. The van der Waals surface area contributed by atoms with Crippen LogP contribution in [-0.2, 0) is 4.74 Å². The van der Waals surface area contributed by atoms with Gasteiger partial charge in [0, 0.05) is 17.8 Å². The molecule has 3 aromatic rings. The predicted molar refractivity (Wildman–Crippen MR) is 81.8 cm³/mol. The van der Waals surface area contributed by atoms with E-state index in [1.54, 1.807) is 36.7 Å². The molecule has 1 heterocycles. The Morgan fingerprint density at radius 3 is 2.74 bits per heavy atom. The summed E-state index contributed by atoms with van der Waals surface area (Å²) in [6.45, 7) is 0. The van der Waals surface area contributed by atoms with Gasteiger partial charge in [-0.05, 0) is 29.8 Å². The van der Waals surface area contributed by atoms with Crippen LogP contribution in [0.15, 0.2) is 54.9 Å². The third kappa shape index (κ3) is 3.21. The molecule has 0 amide bonds. The summed E-state index contributed by atoms with van der Waals surface area (Å²) >= 11 is 0. The molecule has 6 heteroatoms. The molecule has 1 aromatic heterocycles. The first-order chi connectivity index (χ1) is 11.2. The number of methoxy groups -OCH3 is 1. The zero-order valence-corrected chi connectivity index (χ0v) is 12.2. The van der Waals surface area contributed by atoms with Crippen LogP contribution in [0.2, 0.25) is 0 Å². The summed E-state index contributed by atoms with van der Waals surface area (Å²) in [6, 6.07) is 10.8. The Morgan fingerprint density at radius 1 is 1.17 bits per heavy atom. The second-order valence-electron chi connectivity index (χ2n) is 4.75. The number of nitrogens with one attached hydrogen (secondary N) is 1. The monoisotopic (exact) mass is 312 g/mol. The van der Waals surface area contributed by atoms with Crippen molar-refractivity contribution in [2.24, 2.45) is 0 Å². The van der Waals surface area contributed by atoms with E-state index in [1.807, 2.05) is 0 Å². The Hall–Kier alpha value is -3.15. The van der Waals surface area contributed by atoms with E-state index in [4.69, 9.17) is 9.47 Å². The summed E-state index contributed by atoms with van der Waals surface area (Å²) in [5, 5.41) is 6.59. The standard InChI is InChI=1S/C17H13FN2O3/c1-22-17(21)15-7-11(12-9-19-20-10-12)5-6-16(15)23-14-4-2-3-13(18)8-14/h2-10H,1H3,(H,19,20). The normalized spacial score (nSPS) is 10.3. The van der Waals surface area contributed by atoms with Crippen molar-refractivity contribution in [2.45, 2.75) is 0 Å². The topological polar surface area (TPSA) is 64.2 Å². The molecule has 5 nitrogen and oxygen atoms in total. The van der Waals surface area contributed by atoms with Crippen LogP contribution in [0.3, 0.4) is 0 Å². The van der Waals surface area contributed by atoms with Crippen LogP contribution < -0.4 is 4.74 Å². The molecule has 0 aliphatic carbocycles. The van der Waals surface area contributed by atoms with Crippen LogP contribution in [0.1, 0.15) is 10.4 Å². The highest BCUT2D eigenvalue weighted by atomic mass is 19.1. The summed E-state index contributed by atoms with van der Waals surface area (Å²) in [4.78, 5) is 12.0. The molecule has 0 radical (unpaired) electrons. The van der Waals surface area contributed by atoms with Gasteiger partial charge in [0.1, 0.15) is 22.9 Å². The fourth-order valence-electron chi connectivity index (χ4n) is 2.13. The minimum absolute atomic E-state index is 0.246. The highest BCUT2D eigenvalue weighted by Crippen LogP contribution is 2.30. The lowest BCUT2D eigenvalue weighted by Gasteiger charge is -2.11. The van der Waals surface area contributed by atoms with Gasteiger partial charge in [-0.25, -0.2) is 9.18 Å². The summed E-state index contributed by atoms with van der Waals surface area (Å²) in [5.41, 5.74) is 1.86. The molecule has 1 N–H and O–H groups in total. The van der Waals surface area contributed by atoms with E-state index in [9.17, 15) is 9.18 Å². The van der Waals surface area contributed by atoms with E-state index in [0.717, 1.165) is 11.1 Å². The van der Waals surface area contributed by atoms with Gasteiger partial charge >= 0.3 is 5.97 Å². The molecule has 116 valence electrons. The van der Waals surface area contributed by atoms with Crippen molar-refractivity contribution < 1.29 is 18.7 Å². The van der Waals surface area contributed by atoms with Crippen LogP contribution in [0.4, 0.5) is 4.39 Å². The van der Waals surface area contributed by atoms with Crippen LogP contribution in [0.25, 0.3) is 11.1 Å². The van der Waals surface area contributed by atoms with Crippen molar-refractivity contribution in [3.8, 4) is 22.6 Å². The first-order valence-corrected chi connectivity index (χ1v) is 6.82. The second kappa shape index (κ2) is 6.31. The maximum absolute atomic E-state index is 13.3. The fraction of sp³-hybridized carbons (Fsp3) is 0.0588. The van der Waals surface area contributed by atoms with Gasteiger partial charge in [-0.3, -0.25) is 5.10 Å². The Morgan fingerprint density at radius 2 is 2.04 bits per heavy atom. The van der Waals surface area contributed by atoms with E-state index < -0.39 is 11.8 Å². The summed E-state index contributed by atoms with van der Waals surface area (Å²) in [5.74, 6) is -0.375. The number of ether oxygens (including phenoxy) is 2. The summed E-state index contributed by atoms with van der Waals surface area (Å²) in [6.07, 6.45) is 3.35. The van der Waals surface area contributed by atoms with Gasteiger partial charge in [-0.1, -0.05) is 12.1 Å². The highest BCUT2D eigenvalue weighted by molar-refractivity contribution is 5.94. The molecule has 0 fully saturated rings. The smallest absolute Gasteiger partial charge is 0.341 e. The van der Waals surface area contributed by atoms with E-state index in [1.165, 1.54) is 25.3 Å². The molecule has 0 saturated heterocycles. The fourth-order valence-corrected chi connectivity index (χ4v) is 2.13. The van der Waals surface area contributed by atoms with E-state index >= 15 is 0 Å². The molecule has 0 saturated carbocycles. The number of aromatic amines is 1. The average Bonchev–Trinajstić information content (AvgIpc) is 3.09. The lowest BCUT2D eigenvalue weighted by atomic mass is 10.1. The molecular weight excluding hydrogens is 299 g/mol. The van der Waals surface area contributed by atoms with Crippen molar-refractivity contribution in [3.63, 3.8) is 0 Å². The molecular formula is C17H13FN2O3. The number of benzene rings is 2. The molecule has 0 atom stereocenters. The zero-order chi connectivity index (χ0) is 16.2. The van der Waals surface area contributed by atoms with Crippen molar-refractivity contribution >= 4 is 5.97 Å². The van der Waals surface area contributed by atoms with Gasteiger partial charge in [0.15, 0.2) is 0 Å². The maximum atomic E-state index is 13.3. The van der Waals surface area contributed by atoms with Gasteiger partial charge in [-0.2, -0.15) is 5.10 Å².